The summed E-state index contributed by atoms with van der Waals surface area (Å²) in [5, 5.41) is 34.6. The van der Waals surface area contributed by atoms with E-state index in [9.17, 15) is 9.59 Å². The highest BCUT2D eigenvalue weighted by Gasteiger charge is 2.13. The normalized spacial score (nSPS) is 13.8. The maximum Gasteiger partial charge on any atom is 0.338 e. The van der Waals surface area contributed by atoms with E-state index < -0.39 is 12.1 Å². The molecule has 7 heteroatoms. The largest absolute Gasteiger partial charge is 0.478 e. The monoisotopic (exact) mass is 434 g/mol. The molecule has 2 aromatic rings. The number of hydrogen-bond donors (Lipinski definition) is 4. The van der Waals surface area contributed by atoms with Gasteiger partial charge in [-0.3, -0.25) is 0 Å². The molecule has 0 aliphatic carbocycles. The molecule has 0 heterocycles. The molecule has 31 heavy (non-hydrogen) atoms. The van der Waals surface area contributed by atoms with Crippen molar-refractivity contribution in [3.63, 3.8) is 0 Å². The van der Waals surface area contributed by atoms with Gasteiger partial charge in [-0.2, -0.15) is 0 Å². The standard InChI is InChI=1S/C12H16O3.C7H6O2.C5H12O2/c1-9(13)8-10(2)15-12(14)11-6-4-3-5-7-11;8-7(9)6-4-2-1-3-5-6;1-4(6)3-5(2)7/h3-7,9-10,13H,8H2,1-2H3;1-5H,(H,8,9);4-7H,3H2,1-2H3/t9-,10+;;4-,5-/m1.1/s1. The molecule has 0 bridgehead atoms. The summed E-state index contributed by atoms with van der Waals surface area (Å²) in [6.45, 7) is 6.76. The predicted octanol–water partition coefficient (Wildman–Crippen LogP) is 3.53. The summed E-state index contributed by atoms with van der Waals surface area (Å²) in [5.41, 5.74) is 0.868. The number of aromatic carboxylic acids is 1. The number of aliphatic hydroxyl groups is 3. The average molecular weight is 435 g/mol. The Hall–Kier alpha value is -2.74. The Balaban J connectivity index is 0.000000479. The Kier molecular flexibility index (Phi) is 14.6. The third kappa shape index (κ3) is 15.7. The topological polar surface area (TPSA) is 124 Å². The summed E-state index contributed by atoms with van der Waals surface area (Å²) in [5.74, 6) is -1.22. The first kappa shape index (κ1) is 28.3. The summed E-state index contributed by atoms with van der Waals surface area (Å²) >= 11 is 0. The summed E-state index contributed by atoms with van der Waals surface area (Å²) in [6.07, 6.45) is -0.542. The summed E-state index contributed by atoms with van der Waals surface area (Å²) < 4.78 is 5.15. The summed E-state index contributed by atoms with van der Waals surface area (Å²) in [4.78, 5) is 21.7. The average Bonchev–Trinajstić information content (AvgIpc) is 2.68. The second kappa shape index (κ2) is 16.0. The molecule has 0 amide bonds. The van der Waals surface area contributed by atoms with E-state index in [0.29, 0.717) is 24.0 Å². The van der Waals surface area contributed by atoms with Crippen LogP contribution >= 0.6 is 0 Å². The first-order valence-electron chi connectivity index (χ1n) is 10.1. The van der Waals surface area contributed by atoms with Crippen molar-refractivity contribution in [2.24, 2.45) is 0 Å². The van der Waals surface area contributed by atoms with Crippen molar-refractivity contribution in [2.45, 2.75) is 65.0 Å². The van der Waals surface area contributed by atoms with Gasteiger partial charge in [-0.25, -0.2) is 9.59 Å². The highest BCUT2D eigenvalue weighted by atomic mass is 16.5. The van der Waals surface area contributed by atoms with Gasteiger partial charge in [0.2, 0.25) is 0 Å². The van der Waals surface area contributed by atoms with Crippen molar-refractivity contribution < 1.29 is 34.8 Å². The Morgan fingerprint density at radius 2 is 1.10 bits per heavy atom. The first-order valence-corrected chi connectivity index (χ1v) is 10.1. The fourth-order valence-electron chi connectivity index (χ4n) is 2.43. The molecule has 0 aliphatic rings. The molecular formula is C24H34O7. The second-order valence-electron chi connectivity index (χ2n) is 7.27. The minimum Gasteiger partial charge on any atom is -0.478 e. The van der Waals surface area contributed by atoms with E-state index >= 15 is 0 Å². The lowest BCUT2D eigenvalue weighted by Crippen LogP contribution is -2.19. The molecular weight excluding hydrogens is 400 g/mol. The second-order valence-corrected chi connectivity index (χ2v) is 7.27. The molecule has 0 saturated heterocycles. The predicted molar refractivity (Wildman–Crippen MR) is 119 cm³/mol. The van der Waals surface area contributed by atoms with Crippen LogP contribution in [0.5, 0.6) is 0 Å². The van der Waals surface area contributed by atoms with Crippen LogP contribution in [0.3, 0.4) is 0 Å². The molecule has 172 valence electrons. The number of aliphatic hydroxyl groups excluding tert-OH is 3. The van der Waals surface area contributed by atoms with Crippen LogP contribution in [0.25, 0.3) is 0 Å². The zero-order chi connectivity index (χ0) is 23.8. The molecule has 0 unspecified atom stereocenters. The molecule has 0 aromatic heterocycles. The maximum atomic E-state index is 11.5. The number of hydrogen-bond acceptors (Lipinski definition) is 6. The van der Waals surface area contributed by atoms with Gasteiger partial charge in [0.25, 0.3) is 0 Å². The van der Waals surface area contributed by atoms with E-state index in [0.717, 1.165) is 0 Å². The Bertz CT molecular complexity index is 722. The quantitative estimate of drug-likeness (QED) is 0.491. The van der Waals surface area contributed by atoms with Crippen molar-refractivity contribution in [1.82, 2.24) is 0 Å². The molecule has 4 atom stereocenters. The Labute approximate surface area is 183 Å². The van der Waals surface area contributed by atoms with Crippen LogP contribution in [0.2, 0.25) is 0 Å². The number of esters is 1. The maximum absolute atomic E-state index is 11.5. The lowest BCUT2D eigenvalue weighted by atomic mass is 10.2. The van der Waals surface area contributed by atoms with E-state index in [2.05, 4.69) is 0 Å². The number of carbonyl (C=O) groups excluding carboxylic acids is 1. The van der Waals surface area contributed by atoms with Crippen LogP contribution < -0.4 is 0 Å². The van der Waals surface area contributed by atoms with Gasteiger partial charge in [0.15, 0.2) is 0 Å². The third-order valence-electron chi connectivity index (χ3n) is 3.69. The minimum absolute atomic E-state index is 0.266. The van der Waals surface area contributed by atoms with Crippen LogP contribution in [-0.4, -0.2) is 56.8 Å². The van der Waals surface area contributed by atoms with Crippen LogP contribution in [-0.2, 0) is 4.74 Å². The molecule has 7 nitrogen and oxygen atoms in total. The van der Waals surface area contributed by atoms with Crippen molar-refractivity contribution in [3.8, 4) is 0 Å². The number of carboxylic acids is 1. The van der Waals surface area contributed by atoms with Crippen LogP contribution in [0.1, 0.15) is 61.3 Å². The van der Waals surface area contributed by atoms with E-state index in [4.69, 9.17) is 25.2 Å². The van der Waals surface area contributed by atoms with Gasteiger partial charge in [0, 0.05) is 6.42 Å². The number of ether oxygens (including phenoxy) is 1. The molecule has 0 aliphatic heterocycles. The van der Waals surface area contributed by atoms with E-state index in [1.807, 2.05) is 6.07 Å². The zero-order valence-electron chi connectivity index (χ0n) is 18.5. The van der Waals surface area contributed by atoms with Crippen molar-refractivity contribution in [1.29, 1.82) is 0 Å². The van der Waals surface area contributed by atoms with Crippen LogP contribution in [0, 0.1) is 0 Å². The SMILES string of the molecule is C[C@@H](O)C[C@@H](C)O.C[C@@H](O)C[C@H](C)OC(=O)c1ccccc1.O=C(O)c1ccccc1. The zero-order valence-corrected chi connectivity index (χ0v) is 18.5. The number of carboxylic acid groups (broad SMARTS) is 1. The highest BCUT2D eigenvalue weighted by molar-refractivity contribution is 5.89. The van der Waals surface area contributed by atoms with Gasteiger partial charge < -0.3 is 25.2 Å². The molecule has 2 rings (SSSR count). The highest BCUT2D eigenvalue weighted by Crippen LogP contribution is 2.07. The lowest BCUT2D eigenvalue weighted by molar-refractivity contribution is 0.0221. The molecule has 0 saturated carbocycles. The first-order chi connectivity index (χ1) is 14.5. The van der Waals surface area contributed by atoms with Crippen molar-refractivity contribution >= 4 is 11.9 Å². The van der Waals surface area contributed by atoms with Crippen LogP contribution in [0.4, 0.5) is 0 Å². The fourth-order valence-corrected chi connectivity index (χ4v) is 2.43. The van der Waals surface area contributed by atoms with E-state index in [1.54, 1.807) is 82.3 Å². The molecule has 0 radical (unpaired) electrons. The van der Waals surface area contributed by atoms with E-state index in [1.165, 1.54) is 0 Å². The van der Waals surface area contributed by atoms with Gasteiger partial charge >= 0.3 is 11.9 Å². The lowest BCUT2D eigenvalue weighted by Gasteiger charge is -2.14. The number of benzene rings is 2. The summed E-state index contributed by atoms with van der Waals surface area (Å²) in [7, 11) is 0. The smallest absolute Gasteiger partial charge is 0.338 e. The van der Waals surface area contributed by atoms with Crippen molar-refractivity contribution in [2.75, 3.05) is 0 Å². The number of rotatable bonds is 7. The summed E-state index contributed by atoms with van der Waals surface area (Å²) in [6, 6.07) is 17.1. The Morgan fingerprint density at radius 1 is 0.710 bits per heavy atom. The fraction of sp³-hybridized carbons (Fsp3) is 0.417. The number of carbonyl (C=O) groups is 2. The van der Waals surface area contributed by atoms with Gasteiger partial charge in [0.05, 0.1) is 29.4 Å². The van der Waals surface area contributed by atoms with Crippen molar-refractivity contribution in [3.05, 3.63) is 71.8 Å². The molecule has 0 spiro atoms. The Morgan fingerprint density at radius 3 is 1.39 bits per heavy atom. The third-order valence-corrected chi connectivity index (χ3v) is 3.69. The molecule has 2 aromatic carbocycles. The van der Waals surface area contributed by atoms with Gasteiger partial charge in [-0.15, -0.1) is 0 Å². The molecule has 0 fully saturated rings. The van der Waals surface area contributed by atoms with E-state index in [-0.39, 0.29) is 24.3 Å². The van der Waals surface area contributed by atoms with Gasteiger partial charge in [-0.1, -0.05) is 36.4 Å². The molecule has 4 N–H and O–H groups in total. The van der Waals surface area contributed by atoms with Crippen LogP contribution in [0.15, 0.2) is 60.7 Å². The van der Waals surface area contributed by atoms with Gasteiger partial charge in [-0.05, 0) is 58.4 Å². The van der Waals surface area contributed by atoms with Gasteiger partial charge in [0.1, 0.15) is 6.10 Å². The minimum atomic E-state index is -0.879.